The second-order valence-electron chi connectivity index (χ2n) is 4.23. The van der Waals surface area contributed by atoms with Crippen LogP contribution in [0.4, 0.5) is 0 Å². The number of nitrogens with zero attached hydrogens (tertiary/aromatic N) is 2. The maximum atomic E-state index is 10.6. The molecule has 0 aliphatic heterocycles. The summed E-state index contributed by atoms with van der Waals surface area (Å²) in [4.78, 5) is 0. The van der Waals surface area contributed by atoms with Crippen LogP contribution in [0.1, 0.15) is 11.3 Å². The van der Waals surface area contributed by atoms with Crippen LogP contribution in [0.2, 0.25) is 0 Å². The Labute approximate surface area is 101 Å². The summed E-state index contributed by atoms with van der Waals surface area (Å²) in [7, 11) is 0. The van der Waals surface area contributed by atoms with Crippen LogP contribution in [-0.4, -0.2) is 21.4 Å². The number of aryl methyl sites for hydroxylation is 1. The fourth-order valence-corrected chi connectivity index (χ4v) is 1.83. The van der Waals surface area contributed by atoms with Crippen LogP contribution in [0.25, 0.3) is 0 Å². The maximum Gasteiger partial charge on any atom is 0.121 e. The molecule has 0 radical (unpaired) electrons. The third-order valence-corrected chi connectivity index (χ3v) is 2.99. The Kier molecular flexibility index (Phi) is 3.26. The summed E-state index contributed by atoms with van der Waals surface area (Å²) in [5, 5.41) is 14.8. The fourth-order valence-electron chi connectivity index (χ4n) is 1.83. The molecule has 3 N–H and O–H groups in total. The zero-order valence-corrected chi connectivity index (χ0v) is 9.87. The van der Waals surface area contributed by atoms with E-state index in [9.17, 15) is 5.11 Å². The molecule has 1 heterocycles. The molecule has 0 amide bonds. The summed E-state index contributed by atoms with van der Waals surface area (Å²) in [5.41, 5.74) is 6.47. The van der Waals surface area contributed by atoms with Crippen LogP contribution >= 0.6 is 0 Å². The molecule has 0 fully saturated rings. The van der Waals surface area contributed by atoms with Gasteiger partial charge in [0, 0.05) is 18.4 Å². The third kappa shape index (κ3) is 2.38. The predicted octanol–water partition coefficient (Wildman–Crippen LogP) is 1.04. The zero-order valence-electron chi connectivity index (χ0n) is 9.87. The number of hydrogen-bond donors (Lipinski definition) is 2. The van der Waals surface area contributed by atoms with Gasteiger partial charge in [0.1, 0.15) is 5.60 Å². The highest BCUT2D eigenvalue weighted by Crippen LogP contribution is 2.22. The minimum absolute atomic E-state index is 0.163. The highest BCUT2D eigenvalue weighted by molar-refractivity contribution is 5.22. The zero-order chi connectivity index (χ0) is 12.3. The largest absolute Gasteiger partial charge is 0.382 e. The van der Waals surface area contributed by atoms with Crippen LogP contribution in [0, 0.1) is 6.92 Å². The first-order valence-corrected chi connectivity index (χ1v) is 5.62. The molecule has 2 rings (SSSR count). The normalized spacial score (nSPS) is 14.5. The minimum Gasteiger partial charge on any atom is -0.382 e. The molecule has 1 aromatic heterocycles. The summed E-state index contributed by atoms with van der Waals surface area (Å²) < 4.78 is 1.76. The number of benzene rings is 1. The Morgan fingerprint density at radius 3 is 2.53 bits per heavy atom. The van der Waals surface area contributed by atoms with Crippen molar-refractivity contribution in [2.45, 2.75) is 19.1 Å². The molecule has 4 nitrogen and oxygen atoms in total. The number of hydrogen-bond acceptors (Lipinski definition) is 3. The number of rotatable bonds is 4. The van der Waals surface area contributed by atoms with Gasteiger partial charge in [-0.25, -0.2) is 0 Å². The van der Waals surface area contributed by atoms with Crippen molar-refractivity contribution in [1.82, 2.24) is 9.78 Å². The van der Waals surface area contributed by atoms with Gasteiger partial charge in [-0.3, -0.25) is 4.68 Å². The monoisotopic (exact) mass is 231 g/mol. The Morgan fingerprint density at radius 1 is 1.29 bits per heavy atom. The second kappa shape index (κ2) is 4.69. The molecule has 0 saturated heterocycles. The molecule has 1 unspecified atom stereocenters. The van der Waals surface area contributed by atoms with E-state index in [0.29, 0.717) is 6.54 Å². The molecule has 0 aliphatic rings. The van der Waals surface area contributed by atoms with Gasteiger partial charge in [-0.15, -0.1) is 0 Å². The Hall–Kier alpha value is -1.65. The van der Waals surface area contributed by atoms with Crippen LogP contribution in [0.5, 0.6) is 0 Å². The molecule has 17 heavy (non-hydrogen) atoms. The van der Waals surface area contributed by atoms with Crippen molar-refractivity contribution < 1.29 is 5.11 Å². The molecule has 1 aromatic carbocycles. The standard InChI is InChI=1S/C13H17N3O/c1-11-7-8-15-16(11)10-13(17,9-14)12-5-3-2-4-6-12/h2-8,17H,9-10,14H2,1H3. The van der Waals surface area contributed by atoms with Gasteiger partial charge in [0.25, 0.3) is 0 Å². The van der Waals surface area contributed by atoms with Crippen LogP contribution in [0.15, 0.2) is 42.6 Å². The fraction of sp³-hybridized carbons (Fsp3) is 0.308. The van der Waals surface area contributed by atoms with E-state index in [0.717, 1.165) is 11.3 Å². The lowest BCUT2D eigenvalue weighted by Gasteiger charge is -2.27. The van der Waals surface area contributed by atoms with Crippen molar-refractivity contribution in [3.8, 4) is 0 Å². The summed E-state index contributed by atoms with van der Waals surface area (Å²) in [6.45, 7) is 2.48. The van der Waals surface area contributed by atoms with Gasteiger partial charge in [-0.05, 0) is 18.6 Å². The lowest BCUT2D eigenvalue weighted by molar-refractivity contribution is 0.0234. The van der Waals surface area contributed by atoms with Crippen LogP contribution in [-0.2, 0) is 12.1 Å². The first kappa shape index (κ1) is 11.8. The Morgan fingerprint density at radius 2 is 2.00 bits per heavy atom. The minimum atomic E-state index is -1.07. The van der Waals surface area contributed by atoms with E-state index >= 15 is 0 Å². The molecule has 0 bridgehead atoms. The van der Waals surface area contributed by atoms with Gasteiger partial charge in [0.05, 0.1) is 6.54 Å². The predicted molar refractivity (Wildman–Crippen MR) is 66.4 cm³/mol. The third-order valence-electron chi connectivity index (χ3n) is 2.99. The quantitative estimate of drug-likeness (QED) is 0.826. The van der Waals surface area contributed by atoms with E-state index in [-0.39, 0.29) is 6.54 Å². The lowest BCUT2D eigenvalue weighted by Crippen LogP contribution is -2.39. The molecule has 4 heteroatoms. The Bertz CT molecular complexity index is 480. The smallest absolute Gasteiger partial charge is 0.121 e. The SMILES string of the molecule is Cc1ccnn1CC(O)(CN)c1ccccc1. The first-order chi connectivity index (χ1) is 8.15. The van der Waals surface area contributed by atoms with Gasteiger partial charge < -0.3 is 10.8 Å². The van der Waals surface area contributed by atoms with Gasteiger partial charge in [-0.1, -0.05) is 30.3 Å². The average molecular weight is 231 g/mol. The molecule has 2 aromatic rings. The van der Waals surface area contributed by atoms with Gasteiger partial charge in [-0.2, -0.15) is 5.10 Å². The maximum absolute atomic E-state index is 10.6. The highest BCUT2D eigenvalue weighted by atomic mass is 16.3. The average Bonchev–Trinajstić information content (AvgIpc) is 2.76. The molecule has 0 spiro atoms. The summed E-state index contributed by atoms with van der Waals surface area (Å²) in [6.07, 6.45) is 1.72. The van der Waals surface area contributed by atoms with Gasteiger partial charge in [0.15, 0.2) is 0 Å². The number of aliphatic hydroxyl groups is 1. The number of nitrogens with two attached hydrogens (primary N) is 1. The van der Waals surface area contributed by atoms with E-state index in [2.05, 4.69) is 5.10 Å². The first-order valence-electron chi connectivity index (χ1n) is 5.62. The van der Waals surface area contributed by atoms with Crippen molar-refractivity contribution in [1.29, 1.82) is 0 Å². The van der Waals surface area contributed by atoms with Crippen LogP contribution < -0.4 is 5.73 Å². The van der Waals surface area contributed by atoms with Crippen molar-refractivity contribution in [3.05, 3.63) is 53.9 Å². The summed E-state index contributed by atoms with van der Waals surface area (Å²) in [6, 6.07) is 11.4. The molecule has 0 saturated carbocycles. The topological polar surface area (TPSA) is 64.1 Å². The molecule has 1 atom stereocenters. The van der Waals surface area contributed by atoms with E-state index < -0.39 is 5.60 Å². The Balaban J connectivity index is 2.30. The molecular formula is C13H17N3O. The van der Waals surface area contributed by atoms with Gasteiger partial charge in [0.2, 0.25) is 0 Å². The van der Waals surface area contributed by atoms with E-state index in [1.807, 2.05) is 43.3 Å². The van der Waals surface area contributed by atoms with Crippen molar-refractivity contribution >= 4 is 0 Å². The van der Waals surface area contributed by atoms with Crippen molar-refractivity contribution in [2.75, 3.05) is 6.54 Å². The van der Waals surface area contributed by atoms with E-state index in [1.54, 1.807) is 10.9 Å². The molecule has 90 valence electrons. The van der Waals surface area contributed by atoms with E-state index in [4.69, 9.17) is 5.73 Å². The summed E-state index contributed by atoms with van der Waals surface area (Å²) >= 11 is 0. The van der Waals surface area contributed by atoms with Crippen LogP contribution in [0.3, 0.4) is 0 Å². The summed E-state index contributed by atoms with van der Waals surface area (Å²) in [5.74, 6) is 0. The number of aromatic nitrogens is 2. The molecular weight excluding hydrogens is 214 g/mol. The van der Waals surface area contributed by atoms with E-state index in [1.165, 1.54) is 0 Å². The second-order valence-corrected chi connectivity index (χ2v) is 4.23. The van der Waals surface area contributed by atoms with Crippen molar-refractivity contribution in [2.24, 2.45) is 5.73 Å². The lowest BCUT2D eigenvalue weighted by atomic mass is 9.94. The highest BCUT2D eigenvalue weighted by Gasteiger charge is 2.28. The molecule has 0 aliphatic carbocycles. The van der Waals surface area contributed by atoms with Crippen molar-refractivity contribution in [3.63, 3.8) is 0 Å². The van der Waals surface area contributed by atoms with Gasteiger partial charge >= 0.3 is 0 Å².